The summed E-state index contributed by atoms with van der Waals surface area (Å²) in [5.74, 6) is -0.646. The molecule has 0 aliphatic carbocycles. The van der Waals surface area contributed by atoms with Crippen LogP contribution in [0.4, 0.5) is 0 Å². The zero-order valence-corrected chi connectivity index (χ0v) is 13.5. The van der Waals surface area contributed by atoms with Crippen molar-refractivity contribution in [3.05, 3.63) is 29.1 Å². The highest BCUT2D eigenvalue weighted by Crippen LogP contribution is 2.20. The predicted octanol–water partition coefficient (Wildman–Crippen LogP) is 1.71. The van der Waals surface area contributed by atoms with Crippen LogP contribution in [0.1, 0.15) is 25.2 Å². The van der Waals surface area contributed by atoms with Crippen LogP contribution in [0.3, 0.4) is 0 Å². The maximum absolute atomic E-state index is 12.5. The molecule has 0 bridgehead atoms. The lowest BCUT2D eigenvalue weighted by Gasteiger charge is -2.35. The van der Waals surface area contributed by atoms with Gasteiger partial charge >= 0.3 is 0 Å². The van der Waals surface area contributed by atoms with E-state index < -0.39 is 0 Å². The van der Waals surface area contributed by atoms with Crippen LogP contribution in [0.25, 0.3) is 6.08 Å². The average molecular weight is 305 g/mol. The van der Waals surface area contributed by atoms with Crippen LogP contribution in [0, 0.1) is 6.92 Å². The van der Waals surface area contributed by atoms with E-state index in [1.807, 2.05) is 44.5 Å². The SMILES string of the molecule is CCN1C(=O)C(=Cc2ccc(C)n2C)C(=O)N(CC)C1=S. The van der Waals surface area contributed by atoms with Crippen LogP contribution in [0.2, 0.25) is 0 Å². The first-order chi connectivity index (χ1) is 9.92. The van der Waals surface area contributed by atoms with Gasteiger partial charge in [-0.3, -0.25) is 19.4 Å². The summed E-state index contributed by atoms with van der Waals surface area (Å²) >= 11 is 5.23. The number of aryl methyl sites for hydroxylation is 1. The van der Waals surface area contributed by atoms with Crippen LogP contribution in [0.5, 0.6) is 0 Å². The fourth-order valence-corrected chi connectivity index (χ4v) is 2.73. The normalized spacial score (nSPS) is 16.0. The van der Waals surface area contributed by atoms with Crippen molar-refractivity contribution in [2.45, 2.75) is 20.8 Å². The first-order valence-corrected chi connectivity index (χ1v) is 7.34. The summed E-state index contributed by atoms with van der Waals surface area (Å²) in [7, 11) is 1.90. The molecule has 0 N–H and O–H groups in total. The molecular formula is C15H19N3O2S. The third-order valence-electron chi connectivity index (χ3n) is 3.75. The Morgan fingerprint density at radius 1 is 1.10 bits per heavy atom. The zero-order chi connectivity index (χ0) is 15.7. The molecule has 0 spiro atoms. The van der Waals surface area contributed by atoms with Crippen LogP contribution in [-0.4, -0.2) is 44.4 Å². The standard InChI is InChI=1S/C15H19N3O2S/c1-5-17-13(19)12(14(20)18(6-2)15(17)21)9-11-8-7-10(3)16(11)4/h7-9H,5-6H2,1-4H3. The highest BCUT2D eigenvalue weighted by molar-refractivity contribution is 7.80. The van der Waals surface area contributed by atoms with Crippen molar-refractivity contribution < 1.29 is 9.59 Å². The summed E-state index contributed by atoms with van der Waals surface area (Å²) in [6, 6.07) is 3.84. The Kier molecular flexibility index (Phi) is 4.27. The smallest absolute Gasteiger partial charge is 0.265 e. The van der Waals surface area contributed by atoms with Crippen molar-refractivity contribution in [2.24, 2.45) is 7.05 Å². The number of hydrogen-bond donors (Lipinski definition) is 0. The molecule has 0 atom stereocenters. The third-order valence-corrected chi connectivity index (χ3v) is 4.19. The molecule has 1 aromatic heterocycles. The number of hydrogen-bond acceptors (Lipinski definition) is 3. The number of amides is 2. The number of carbonyl (C=O) groups is 2. The van der Waals surface area contributed by atoms with Crippen molar-refractivity contribution in [3.63, 3.8) is 0 Å². The van der Waals surface area contributed by atoms with Crippen LogP contribution < -0.4 is 0 Å². The molecule has 1 aliphatic heterocycles. The van der Waals surface area contributed by atoms with Gasteiger partial charge in [0.05, 0.1) is 0 Å². The predicted molar refractivity (Wildman–Crippen MR) is 85.5 cm³/mol. The van der Waals surface area contributed by atoms with Gasteiger partial charge in [-0.1, -0.05) is 0 Å². The zero-order valence-electron chi connectivity index (χ0n) is 12.7. The molecule has 2 rings (SSSR count). The van der Waals surface area contributed by atoms with E-state index in [1.54, 1.807) is 6.08 Å². The topological polar surface area (TPSA) is 45.6 Å². The van der Waals surface area contributed by atoms with Gasteiger partial charge in [-0.2, -0.15) is 0 Å². The molecule has 0 unspecified atom stereocenters. The minimum absolute atomic E-state index is 0.161. The van der Waals surface area contributed by atoms with E-state index in [0.29, 0.717) is 13.1 Å². The Hall–Kier alpha value is -1.95. The van der Waals surface area contributed by atoms with E-state index >= 15 is 0 Å². The minimum Gasteiger partial charge on any atom is -0.348 e. The molecule has 0 radical (unpaired) electrons. The molecule has 2 amide bonds. The van der Waals surface area contributed by atoms with Crippen molar-refractivity contribution in [1.82, 2.24) is 14.4 Å². The molecule has 1 saturated heterocycles. The Balaban J connectivity index is 2.50. The summed E-state index contributed by atoms with van der Waals surface area (Å²) in [6.45, 7) is 6.56. The molecule has 112 valence electrons. The Bertz CT molecular complexity index is 617. The second kappa shape index (κ2) is 5.81. The van der Waals surface area contributed by atoms with Crippen molar-refractivity contribution in [3.8, 4) is 0 Å². The molecule has 6 heteroatoms. The van der Waals surface area contributed by atoms with E-state index in [0.717, 1.165) is 11.4 Å². The van der Waals surface area contributed by atoms with E-state index in [2.05, 4.69) is 0 Å². The molecule has 21 heavy (non-hydrogen) atoms. The van der Waals surface area contributed by atoms with E-state index in [1.165, 1.54) is 9.80 Å². The van der Waals surface area contributed by atoms with E-state index in [9.17, 15) is 9.59 Å². The first-order valence-electron chi connectivity index (χ1n) is 6.94. The van der Waals surface area contributed by atoms with Gasteiger partial charge in [0.2, 0.25) is 0 Å². The van der Waals surface area contributed by atoms with Gasteiger partial charge in [0, 0.05) is 31.5 Å². The number of carbonyl (C=O) groups excluding carboxylic acids is 2. The van der Waals surface area contributed by atoms with Crippen molar-refractivity contribution in [2.75, 3.05) is 13.1 Å². The lowest BCUT2D eigenvalue weighted by Crippen LogP contribution is -2.55. The van der Waals surface area contributed by atoms with Crippen LogP contribution in [-0.2, 0) is 16.6 Å². The largest absolute Gasteiger partial charge is 0.348 e. The second-order valence-corrected chi connectivity index (χ2v) is 5.26. The quantitative estimate of drug-likeness (QED) is 0.485. The highest BCUT2D eigenvalue weighted by atomic mass is 32.1. The second-order valence-electron chi connectivity index (χ2n) is 4.90. The lowest BCUT2D eigenvalue weighted by atomic mass is 10.1. The number of nitrogens with zero attached hydrogens (tertiary/aromatic N) is 3. The number of rotatable bonds is 3. The molecule has 0 aromatic carbocycles. The molecule has 1 aromatic rings. The average Bonchev–Trinajstić information content (AvgIpc) is 2.76. The van der Waals surface area contributed by atoms with Gasteiger partial charge < -0.3 is 4.57 Å². The summed E-state index contributed by atoms with van der Waals surface area (Å²) in [5.41, 5.74) is 2.05. The lowest BCUT2D eigenvalue weighted by molar-refractivity contribution is -0.133. The van der Waals surface area contributed by atoms with Gasteiger partial charge in [0.15, 0.2) is 5.11 Å². The Morgan fingerprint density at radius 2 is 1.62 bits per heavy atom. The summed E-state index contributed by atoms with van der Waals surface area (Å²) in [4.78, 5) is 27.9. The highest BCUT2D eigenvalue weighted by Gasteiger charge is 2.37. The van der Waals surface area contributed by atoms with Crippen LogP contribution in [0.15, 0.2) is 17.7 Å². The summed E-state index contributed by atoms with van der Waals surface area (Å²) in [5, 5.41) is 0.287. The van der Waals surface area contributed by atoms with Crippen molar-refractivity contribution in [1.29, 1.82) is 0 Å². The summed E-state index contributed by atoms with van der Waals surface area (Å²) < 4.78 is 1.94. The fraction of sp³-hybridized carbons (Fsp3) is 0.400. The van der Waals surface area contributed by atoms with Gasteiger partial charge in [0.1, 0.15) is 5.57 Å². The van der Waals surface area contributed by atoms with Crippen molar-refractivity contribution >= 4 is 35.2 Å². The number of likely N-dealkylation sites (N-methyl/N-ethyl adjacent to an activating group) is 2. The molecule has 0 saturated carbocycles. The van der Waals surface area contributed by atoms with Gasteiger partial charge in [0.25, 0.3) is 11.8 Å². The first kappa shape index (κ1) is 15.4. The fourth-order valence-electron chi connectivity index (χ4n) is 2.31. The Labute approximate surface area is 129 Å². The summed E-state index contributed by atoms with van der Waals surface area (Å²) in [6.07, 6.45) is 1.64. The number of aromatic nitrogens is 1. The van der Waals surface area contributed by atoms with Gasteiger partial charge in [-0.25, -0.2) is 0 Å². The van der Waals surface area contributed by atoms with E-state index in [4.69, 9.17) is 12.2 Å². The molecular weight excluding hydrogens is 286 g/mol. The maximum atomic E-state index is 12.5. The minimum atomic E-state index is -0.323. The number of thiocarbonyl (C=S) groups is 1. The van der Waals surface area contributed by atoms with Crippen LogP contribution >= 0.6 is 12.2 Å². The van der Waals surface area contributed by atoms with Gasteiger partial charge in [-0.15, -0.1) is 0 Å². The molecule has 2 heterocycles. The third kappa shape index (κ3) is 2.51. The van der Waals surface area contributed by atoms with Gasteiger partial charge in [-0.05, 0) is 51.2 Å². The van der Waals surface area contributed by atoms with E-state index in [-0.39, 0.29) is 22.5 Å². The molecule has 5 nitrogen and oxygen atoms in total. The molecule has 1 fully saturated rings. The Morgan fingerprint density at radius 3 is 2.00 bits per heavy atom. The monoisotopic (exact) mass is 305 g/mol. The maximum Gasteiger partial charge on any atom is 0.265 e. The molecule has 1 aliphatic rings.